The van der Waals surface area contributed by atoms with Gasteiger partial charge in [-0.15, -0.1) is 0 Å². The lowest BCUT2D eigenvalue weighted by molar-refractivity contribution is 0.238. The van der Waals surface area contributed by atoms with Gasteiger partial charge in [-0.05, 0) is 31.5 Å². The summed E-state index contributed by atoms with van der Waals surface area (Å²) >= 11 is 0. The third-order valence-electron chi connectivity index (χ3n) is 2.70. The normalized spacial score (nSPS) is 12.4. The fourth-order valence-corrected chi connectivity index (χ4v) is 1.92. The van der Waals surface area contributed by atoms with Crippen LogP contribution in [0.1, 0.15) is 31.0 Å². The number of para-hydroxylation sites is 1. The van der Waals surface area contributed by atoms with Crippen molar-refractivity contribution in [2.75, 3.05) is 0 Å². The molecule has 1 heterocycles. The van der Waals surface area contributed by atoms with Crippen molar-refractivity contribution in [1.82, 2.24) is 15.6 Å². The van der Waals surface area contributed by atoms with Gasteiger partial charge in [0.1, 0.15) is 5.75 Å². The van der Waals surface area contributed by atoms with E-state index in [9.17, 15) is 0 Å². The smallest absolute Gasteiger partial charge is 0.124 e. The van der Waals surface area contributed by atoms with Crippen molar-refractivity contribution in [2.45, 2.75) is 26.0 Å². The molecule has 0 aliphatic heterocycles. The van der Waals surface area contributed by atoms with Crippen molar-refractivity contribution in [3.05, 3.63) is 53.9 Å². The first-order valence-corrected chi connectivity index (χ1v) is 6.20. The molecule has 5 heteroatoms. The molecule has 0 radical (unpaired) electrons. The molecular formula is C14H18N4O. The van der Waals surface area contributed by atoms with E-state index < -0.39 is 0 Å². The van der Waals surface area contributed by atoms with Crippen LogP contribution in [0.25, 0.3) is 0 Å². The minimum atomic E-state index is -0.176. The number of hydrogen-bond donors (Lipinski definition) is 2. The van der Waals surface area contributed by atoms with Gasteiger partial charge in [0.05, 0.1) is 18.3 Å². The van der Waals surface area contributed by atoms with Crippen LogP contribution in [-0.4, -0.2) is 16.3 Å². The Labute approximate surface area is 112 Å². The molecule has 1 atom stereocenters. The molecule has 1 unspecified atom stereocenters. The maximum Gasteiger partial charge on any atom is 0.124 e. The second-order valence-corrected chi connectivity index (χ2v) is 4.48. The van der Waals surface area contributed by atoms with E-state index in [0.717, 1.165) is 16.9 Å². The molecule has 3 N–H and O–H groups in total. The SMILES string of the molecule is CC(C)Oc1ccccc1C(NN)c1ccnnc1. The number of rotatable bonds is 5. The summed E-state index contributed by atoms with van der Waals surface area (Å²) in [5.74, 6) is 6.50. The molecule has 19 heavy (non-hydrogen) atoms. The van der Waals surface area contributed by atoms with Crippen LogP contribution in [0.2, 0.25) is 0 Å². The Morgan fingerprint density at radius 3 is 2.58 bits per heavy atom. The minimum absolute atomic E-state index is 0.107. The van der Waals surface area contributed by atoms with Crippen LogP contribution in [0, 0.1) is 0 Å². The lowest BCUT2D eigenvalue weighted by Crippen LogP contribution is -2.29. The molecule has 1 aromatic heterocycles. The summed E-state index contributed by atoms with van der Waals surface area (Å²) in [5.41, 5.74) is 4.72. The van der Waals surface area contributed by atoms with Crippen molar-refractivity contribution >= 4 is 0 Å². The molecule has 0 aliphatic carbocycles. The van der Waals surface area contributed by atoms with Gasteiger partial charge in [0, 0.05) is 11.8 Å². The van der Waals surface area contributed by atoms with Crippen LogP contribution in [0.4, 0.5) is 0 Å². The summed E-state index contributed by atoms with van der Waals surface area (Å²) in [4.78, 5) is 0. The van der Waals surface area contributed by atoms with E-state index >= 15 is 0 Å². The highest BCUT2D eigenvalue weighted by Gasteiger charge is 2.17. The molecule has 2 aromatic rings. The highest BCUT2D eigenvalue weighted by atomic mass is 16.5. The second kappa shape index (κ2) is 6.26. The lowest BCUT2D eigenvalue weighted by atomic mass is 10.0. The summed E-state index contributed by atoms with van der Waals surface area (Å²) in [6, 6.07) is 9.53. The van der Waals surface area contributed by atoms with E-state index in [1.807, 2.05) is 44.2 Å². The van der Waals surface area contributed by atoms with Gasteiger partial charge in [0.25, 0.3) is 0 Å². The van der Waals surface area contributed by atoms with E-state index in [1.165, 1.54) is 0 Å². The van der Waals surface area contributed by atoms with Gasteiger partial charge >= 0.3 is 0 Å². The summed E-state index contributed by atoms with van der Waals surface area (Å²) < 4.78 is 5.82. The Kier molecular flexibility index (Phi) is 4.43. The van der Waals surface area contributed by atoms with Gasteiger partial charge in [-0.3, -0.25) is 5.84 Å². The van der Waals surface area contributed by atoms with Gasteiger partial charge in [0.15, 0.2) is 0 Å². The number of hydrogen-bond acceptors (Lipinski definition) is 5. The number of nitrogens with zero attached hydrogens (tertiary/aromatic N) is 2. The zero-order chi connectivity index (χ0) is 13.7. The maximum absolute atomic E-state index is 5.82. The third-order valence-corrected chi connectivity index (χ3v) is 2.70. The summed E-state index contributed by atoms with van der Waals surface area (Å²) in [7, 11) is 0. The molecule has 0 saturated heterocycles. The first-order chi connectivity index (χ1) is 9.22. The molecule has 0 saturated carbocycles. The fraction of sp³-hybridized carbons (Fsp3) is 0.286. The average molecular weight is 258 g/mol. The van der Waals surface area contributed by atoms with E-state index in [0.29, 0.717) is 0 Å². The minimum Gasteiger partial charge on any atom is -0.491 e. The van der Waals surface area contributed by atoms with Crippen LogP contribution in [0.3, 0.4) is 0 Å². The Morgan fingerprint density at radius 2 is 1.95 bits per heavy atom. The van der Waals surface area contributed by atoms with Gasteiger partial charge in [-0.2, -0.15) is 10.2 Å². The molecule has 0 fully saturated rings. The number of benzene rings is 1. The number of nitrogens with two attached hydrogens (primary N) is 1. The van der Waals surface area contributed by atoms with Crippen molar-refractivity contribution in [2.24, 2.45) is 5.84 Å². The first kappa shape index (κ1) is 13.5. The predicted molar refractivity (Wildman–Crippen MR) is 73.4 cm³/mol. The molecule has 0 bridgehead atoms. The van der Waals surface area contributed by atoms with Crippen LogP contribution in [0.15, 0.2) is 42.7 Å². The third kappa shape index (κ3) is 3.27. The monoisotopic (exact) mass is 258 g/mol. The van der Waals surface area contributed by atoms with Crippen molar-refractivity contribution in [3.8, 4) is 5.75 Å². The Balaban J connectivity index is 2.38. The van der Waals surface area contributed by atoms with Crippen molar-refractivity contribution < 1.29 is 4.74 Å². The highest BCUT2D eigenvalue weighted by molar-refractivity contribution is 5.40. The zero-order valence-electron chi connectivity index (χ0n) is 11.1. The quantitative estimate of drug-likeness (QED) is 0.632. The Bertz CT molecular complexity index is 516. The summed E-state index contributed by atoms with van der Waals surface area (Å²) in [6.45, 7) is 3.99. The second-order valence-electron chi connectivity index (χ2n) is 4.48. The fourth-order valence-electron chi connectivity index (χ4n) is 1.92. The predicted octanol–water partition coefficient (Wildman–Crippen LogP) is 1.82. The molecule has 0 amide bonds. The summed E-state index contributed by atoms with van der Waals surface area (Å²) in [5, 5.41) is 7.66. The molecule has 5 nitrogen and oxygen atoms in total. The Morgan fingerprint density at radius 1 is 1.16 bits per heavy atom. The average Bonchev–Trinajstić information content (AvgIpc) is 2.42. The van der Waals surface area contributed by atoms with Gasteiger partial charge in [-0.25, -0.2) is 5.43 Å². The van der Waals surface area contributed by atoms with E-state index in [-0.39, 0.29) is 12.1 Å². The molecule has 0 spiro atoms. The lowest BCUT2D eigenvalue weighted by Gasteiger charge is -2.21. The molecule has 1 aromatic carbocycles. The van der Waals surface area contributed by atoms with Crippen LogP contribution in [-0.2, 0) is 0 Å². The van der Waals surface area contributed by atoms with E-state index in [4.69, 9.17) is 10.6 Å². The van der Waals surface area contributed by atoms with E-state index in [2.05, 4.69) is 15.6 Å². The molecule has 100 valence electrons. The number of nitrogens with one attached hydrogen (secondary N) is 1. The number of hydrazine groups is 1. The topological polar surface area (TPSA) is 73.1 Å². The van der Waals surface area contributed by atoms with Crippen molar-refractivity contribution in [1.29, 1.82) is 0 Å². The number of ether oxygens (including phenoxy) is 1. The van der Waals surface area contributed by atoms with Gasteiger partial charge in [-0.1, -0.05) is 18.2 Å². The first-order valence-electron chi connectivity index (χ1n) is 6.20. The van der Waals surface area contributed by atoms with Crippen LogP contribution >= 0.6 is 0 Å². The Hall–Kier alpha value is -1.98. The maximum atomic E-state index is 5.82. The van der Waals surface area contributed by atoms with Crippen LogP contribution in [0.5, 0.6) is 5.75 Å². The molecular weight excluding hydrogens is 240 g/mol. The molecule has 0 aliphatic rings. The largest absolute Gasteiger partial charge is 0.491 e. The number of aromatic nitrogens is 2. The van der Waals surface area contributed by atoms with E-state index in [1.54, 1.807) is 12.4 Å². The summed E-state index contributed by atoms with van der Waals surface area (Å²) in [6.07, 6.45) is 3.44. The zero-order valence-corrected chi connectivity index (χ0v) is 11.1. The molecule has 2 rings (SSSR count). The highest BCUT2D eigenvalue weighted by Crippen LogP contribution is 2.29. The van der Waals surface area contributed by atoms with Gasteiger partial charge < -0.3 is 4.74 Å². The van der Waals surface area contributed by atoms with Gasteiger partial charge in [0.2, 0.25) is 0 Å². The van der Waals surface area contributed by atoms with Crippen molar-refractivity contribution in [3.63, 3.8) is 0 Å². The van der Waals surface area contributed by atoms with Crippen LogP contribution < -0.4 is 16.0 Å². The standard InChI is InChI=1S/C14H18N4O/c1-10(2)19-13-6-4-3-5-12(13)14(18-15)11-7-8-16-17-9-11/h3-10,14,18H,15H2,1-2H3.